The largest absolute Gasteiger partial charge is 0.368 e. The van der Waals surface area contributed by atoms with Gasteiger partial charge in [-0.1, -0.05) is 6.92 Å². The van der Waals surface area contributed by atoms with Crippen LogP contribution in [0.4, 0.5) is 23.1 Å². The summed E-state index contributed by atoms with van der Waals surface area (Å²) in [6, 6.07) is 10.3. The van der Waals surface area contributed by atoms with E-state index in [4.69, 9.17) is 9.97 Å². The fourth-order valence-electron chi connectivity index (χ4n) is 6.41. The monoisotopic (exact) mass is 585 g/mol. The van der Waals surface area contributed by atoms with E-state index < -0.39 is 0 Å². The highest BCUT2D eigenvalue weighted by Crippen LogP contribution is 2.30. The van der Waals surface area contributed by atoms with Gasteiger partial charge in [0.2, 0.25) is 0 Å². The zero-order valence-electron chi connectivity index (χ0n) is 24.3. The van der Waals surface area contributed by atoms with Crippen molar-refractivity contribution in [2.45, 2.75) is 51.5 Å². The quantitative estimate of drug-likeness (QED) is 0.331. The molecule has 2 fully saturated rings. The molecule has 2 aliphatic heterocycles. The number of fused-ring (bicyclic) bond motifs is 2. The van der Waals surface area contributed by atoms with E-state index in [1.54, 1.807) is 17.5 Å². The number of aromatic nitrogens is 4. The van der Waals surface area contributed by atoms with Crippen LogP contribution in [0, 0.1) is 0 Å². The van der Waals surface area contributed by atoms with Crippen LogP contribution in [0.15, 0.2) is 42.7 Å². The minimum Gasteiger partial charge on any atom is -0.368 e. The van der Waals surface area contributed by atoms with E-state index >= 15 is 0 Å². The number of thiophene rings is 1. The van der Waals surface area contributed by atoms with Gasteiger partial charge in [-0.25, -0.2) is 9.97 Å². The average molecular weight is 586 g/mol. The Morgan fingerprint density at radius 2 is 1.90 bits per heavy atom. The van der Waals surface area contributed by atoms with Gasteiger partial charge in [-0.3, -0.25) is 4.79 Å². The van der Waals surface area contributed by atoms with E-state index in [1.165, 1.54) is 23.3 Å². The third-order valence-corrected chi connectivity index (χ3v) is 10.1. The van der Waals surface area contributed by atoms with Crippen LogP contribution in [0.1, 0.15) is 52.7 Å². The van der Waals surface area contributed by atoms with Crippen molar-refractivity contribution in [2.24, 2.45) is 0 Å². The molecule has 7 rings (SSSR count). The van der Waals surface area contributed by atoms with Crippen LogP contribution in [0.5, 0.6) is 0 Å². The molecule has 0 bridgehead atoms. The molecule has 2 N–H and O–H groups in total. The molecule has 0 spiro atoms. The summed E-state index contributed by atoms with van der Waals surface area (Å²) in [5.74, 6) is 2.51. The van der Waals surface area contributed by atoms with Crippen molar-refractivity contribution in [1.29, 1.82) is 0 Å². The predicted molar refractivity (Wildman–Crippen MR) is 168 cm³/mol. The smallest absolute Gasteiger partial charge is 0.261 e. The number of carbonyl (C=O) groups is 1. The molecular formula is C31H39N9OS. The number of piperidine rings is 1. The van der Waals surface area contributed by atoms with Crippen molar-refractivity contribution in [3.8, 4) is 0 Å². The highest BCUT2D eigenvalue weighted by atomic mass is 32.1. The molecule has 0 radical (unpaired) electrons. The molecule has 0 saturated carbocycles. The molecule has 6 heterocycles. The molecule has 10 nitrogen and oxygen atoms in total. The lowest BCUT2D eigenvalue weighted by atomic mass is 9.99. The van der Waals surface area contributed by atoms with Crippen LogP contribution in [-0.2, 0) is 12.8 Å². The van der Waals surface area contributed by atoms with E-state index in [9.17, 15) is 4.79 Å². The number of nitrogens with one attached hydrogen (secondary N) is 2. The number of likely N-dealkylation sites (N-methyl/N-ethyl adjacent to an activating group) is 1. The fourth-order valence-corrected chi connectivity index (χ4v) is 7.57. The van der Waals surface area contributed by atoms with Crippen LogP contribution in [0.25, 0.3) is 5.65 Å². The summed E-state index contributed by atoms with van der Waals surface area (Å²) in [5, 5.41) is 11.3. The summed E-state index contributed by atoms with van der Waals surface area (Å²) in [6.45, 7) is 9.18. The molecule has 220 valence electrons. The van der Waals surface area contributed by atoms with Crippen LogP contribution >= 0.6 is 11.3 Å². The van der Waals surface area contributed by atoms with Gasteiger partial charge in [0.1, 0.15) is 17.5 Å². The molecule has 1 amide bonds. The molecule has 3 aliphatic rings. The summed E-state index contributed by atoms with van der Waals surface area (Å²) >= 11 is 1.68. The number of anilines is 4. The molecule has 42 heavy (non-hydrogen) atoms. The Morgan fingerprint density at radius 3 is 2.71 bits per heavy atom. The Kier molecular flexibility index (Phi) is 7.69. The minimum atomic E-state index is 0.0598. The van der Waals surface area contributed by atoms with E-state index in [0.29, 0.717) is 0 Å². The number of carbonyl (C=O) groups excluding carboxylic acids is 1. The Labute approximate surface area is 250 Å². The highest BCUT2D eigenvalue weighted by molar-refractivity contribution is 7.14. The van der Waals surface area contributed by atoms with Crippen molar-refractivity contribution in [2.75, 3.05) is 60.9 Å². The summed E-state index contributed by atoms with van der Waals surface area (Å²) in [7, 11) is 0. The van der Waals surface area contributed by atoms with Gasteiger partial charge in [-0.15, -0.1) is 11.3 Å². The van der Waals surface area contributed by atoms with E-state index in [1.807, 2.05) is 28.9 Å². The van der Waals surface area contributed by atoms with E-state index in [0.717, 1.165) is 105 Å². The normalized spacial score (nSPS) is 19.6. The second-order valence-electron chi connectivity index (χ2n) is 11.6. The van der Waals surface area contributed by atoms with Crippen molar-refractivity contribution in [3.63, 3.8) is 0 Å². The molecule has 2 saturated heterocycles. The van der Waals surface area contributed by atoms with Crippen molar-refractivity contribution < 1.29 is 4.79 Å². The first-order valence-corrected chi connectivity index (χ1v) is 16.2. The van der Waals surface area contributed by atoms with Crippen LogP contribution < -0.4 is 20.4 Å². The molecule has 1 aliphatic carbocycles. The topological polar surface area (TPSA) is 93.9 Å². The lowest BCUT2D eigenvalue weighted by Gasteiger charge is -2.35. The maximum atomic E-state index is 13.2. The Morgan fingerprint density at radius 1 is 1.02 bits per heavy atom. The lowest BCUT2D eigenvalue weighted by molar-refractivity contribution is 0.0937. The molecule has 1 atom stereocenters. The van der Waals surface area contributed by atoms with Crippen LogP contribution in [0.2, 0.25) is 0 Å². The molecule has 4 aromatic heterocycles. The number of hydrogen-bond donors (Lipinski definition) is 2. The van der Waals surface area contributed by atoms with Crippen LogP contribution in [-0.4, -0.2) is 82.2 Å². The van der Waals surface area contributed by atoms with Crippen molar-refractivity contribution >= 4 is 46.0 Å². The number of nitrogens with zero attached hydrogens (tertiary/aromatic N) is 7. The zero-order chi connectivity index (χ0) is 28.5. The molecule has 0 aromatic carbocycles. The maximum Gasteiger partial charge on any atom is 0.261 e. The summed E-state index contributed by atoms with van der Waals surface area (Å²) in [5.41, 5.74) is 3.30. The maximum absolute atomic E-state index is 13.2. The molecule has 0 unspecified atom stereocenters. The zero-order valence-corrected chi connectivity index (χ0v) is 25.1. The van der Waals surface area contributed by atoms with E-state index in [2.05, 4.69) is 49.5 Å². The van der Waals surface area contributed by atoms with Gasteiger partial charge in [0.15, 0.2) is 5.65 Å². The number of aryl methyl sites for hydroxylation is 2. The second-order valence-corrected chi connectivity index (χ2v) is 12.7. The molecular weight excluding hydrogens is 546 g/mol. The third kappa shape index (κ3) is 5.67. The van der Waals surface area contributed by atoms with Crippen LogP contribution in [0.3, 0.4) is 0 Å². The molecule has 11 heteroatoms. The van der Waals surface area contributed by atoms with Gasteiger partial charge in [0.25, 0.3) is 5.91 Å². The number of amides is 1. The number of hydrogen-bond acceptors (Lipinski definition) is 9. The number of pyridine rings is 1. The van der Waals surface area contributed by atoms with Gasteiger partial charge in [0, 0.05) is 62.3 Å². The van der Waals surface area contributed by atoms with Gasteiger partial charge in [-0.05, 0) is 68.8 Å². The van der Waals surface area contributed by atoms with Gasteiger partial charge < -0.3 is 25.3 Å². The Bertz CT molecular complexity index is 1520. The van der Waals surface area contributed by atoms with Gasteiger partial charge >= 0.3 is 0 Å². The SMILES string of the molecule is CCN1CCN(c2ccc(Nc3cc(N4CCC[C@H](NC(=O)c5cc6c(s5)CCCC6)C4)nc4ccnn34)nc2)CC1. The summed E-state index contributed by atoms with van der Waals surface area (Å²) < 4.78 is 1.81. The fraction of sp³-hybridized carbons (Fsp3) is 0.484. The van der Waals surface area contributed by atoms with Gasteiger partial charge in [0.05, 0.1) is 23.0 Å². The lowest BCUT2D eigenvalue weighted by Crippen LogP contribution is -2.48. The number of rotatable bonds is 7. The third-order valence-electron chi connectivity index (χ3n) is 8.84. The highest BCUT2D eigenvalue weighted by Gasteiger charge is 2.25. The summed E-state index contributed by atoms with van der Waals surface area (Å²) in [4.78, 5) is 32.2. The number of piperazine rings is 1. The van der Waals surface area contributed by atoms with E-state index in [-0.39, 0.29) is 11.9 Å². The Hall–Kier alpha value is -3.70. The first-order valence-electron chi connectivity index (χ1n) is 15.4. The first kappa shape index (κ1) is 27.2. The average Bonchev–Trinajstić information content (AvgIpc) is 3.69. The van der Waals surface area contributed by atoms with Gasteiger partial charge in [-0.2, -0.15) is 9.61 Å². The Balaban J connectivity index is 1.04. The molecule has 4 aromatic rings. The van der Waals surface area contributed by atoms with Crippen molar-refractivity contribution in [1.82, 2.24) is 29.8 Å². The minimum absolute atomic E-state index is 0.0598. The first-order chi connectivity index (χ1) is 20.6. The second kappa shape index (κ2) is 11.9. The standard InChI is InChI=1S/C31H39N9OS/c1-2-37-14-16-38(17-15-37)24-9-10-27(32-20-24)35-30-19-29(36-28-11-12-33-40(28)30)39-13-5-7-23(21-39)34-31(41)26-18-22-6-3-4-8-25(22)42-26/h9-12,18-20,23H,2-8,13-17,21H2,1H3,(H,32,35)(H,34,41)/t23-/m0/s1. The predicted octanol–water partition coefficient (Wildman–Crippen LogP) is 4.35. The summed E-state index contributed by atoms with van der Waals surface area (Å²) in [6.07, 6.45) is 10.4. The van der Waals surface area contributed by atoms with Crippen molar-refractivity contribution in [3.05, 3.63) is 58.0 Å².